The topological polar surface area (TPSA) is 68.0 Å². The van der Waals surface area contributed by atoms with Crippen molar-refractivity contribution in [1.29, 1.82) is 0 Å². The molecule has 0 aliphatic carbocycles. The Labute approximate surface area is 134 Å². The van der Waals surface area contributed by atoms with Crippen LogP contribution < -0.4 is 0 Å². The molecule has 5 heteroatoms. The van der Waals surface area contributed by atoms with Gasteiger partial charge in [-0.2, -0.15) is 5.10 Å². The fourth-order valence-corrected chi connectivity index (χ4v) is 2.69. The molecule has 3 aromatic rings. The molecule has 0 aliphatic rings. The molecule has 0 amide bonds. The van der Waals surface area contributed by atoms with Crippen LogP contribution in [0.4, 0.5) is 0 Å². The van der Waals surface area contributed by atoms with Crippen LogP contribution >= 0.6 is 0 Å². The number of pyridine rings is 1. The Balaban J connectivity index is 2.28. The van der Waals surface area contributed by atoms with Gasteiger partial charge in [-0.1, -0.05) is 19.1 Å². The maximum absolute atomic E-state index is 11.8. The molecule has 0 saturated carbocycles. The molecule has 116 valence electrons. The highest BCUT2D eigenvalue weighted by molar-refractivity contribution is 5.96. The Kier molecular flexibility index (Phi) is 3.93. The van der Waals surface area contributed by atoms with E-state index in [-0.39, 0.29) is 5.56 Å². The summed E-state index contributed by atoms with van der Waals surface area (Å²) in [5.74, 6) is -0.965. The molecule has 0 bridgehead atoms. The van der Waals surface area contributed by atoms with E-state index in [1.54, 1.807) is 29.2 Å². The largest absolute Gasteiger partial charge is 0.478 e. The second-order valence-electron chi connectivity index (χ2n) is 5.32. The number of aryl methyl sites for hydroxylation is 1. The van der Waals surface area contributed by atoms with Gasteiger partial charge < -0.3 is 5.11 Å². The summed E-state index contributed by atoms with van der Waals surface area (Å²) in [6.45, 7) is 3.94. The molecule has 0 saturated heterocycles. The quantitative estimate of drug-likeness (QED) is 0.801. The summed E-state index contributed by atoms with van der Waals surface area (Å²) in [6, 6.07) is 11.4. The lowest BCUT2D eigenvalue weighted by molar-refractivity contribution is 0.0696. The summed E-state index contributed by atoms with van der Waals surface area (Å²) < 4.78 is 1.73. The second-order valence-corrected chi connectivity index (χ2v) is 5.32. The first-order chi connectivity index (χ1) is 11.1. The summed E-state index contributed by atoms with van der Waals surface area (Å²) >= 11 is 0. The van der Waals surface area contributed by atoms with E-state index >= 15 is 0 Å². The van der Waals surface area contributed by atoms with Gasteiger partial charge in [0.15, 0.2) is 0 Å². The van der Waals surface area contributed by atoms with Crippen LogP contribution in [0.15, 0.2) is 48.8 Å². The Bertz CT molecular complexity index is 854. The highest BCUT2D eigenvalue weighted by atomic mass is 16.4. The van der Waals surface area contributed by atoms with Crippen molar-refractivity contribution in [3.63, 3.8) is 0 Å². The van der Waals surface area contributed by atoms with E-state index in [9.17, 15) is 9.90 Å². The summed E-state index contributed by atoms with van der Waals surface area (Å²) in [6.07, 6.45) is 3.85. The van der Waals surface area contributed by atoms with Crippen molar-refractivity contribution in [2.45, 2.75) is 20.3 Å². The van der Waals surface area contributed by atoms with Crippen LogP contribution in [0.3, 0.4) is 0 Å². The van der Waals surface area contributed by atoms with Crippen molar-refractivity contribution in [1.82, 2.24) is 14.8 Å². The molecule has 0 atom stereocenters. The first kappa shape index (κ1) is 15.0. The molecular weight excluding hydrogens is 290 g/mol. The summed E-state index contributed by atoms with van der Waals surface area (Å²) in [5, 5.41) is 14.3. The Hall–Kier alpha value is -2.95. The lowest BCUT2D eigenvalue weighted by atomic mass is 10.1. The number of rotatable bonds is 4. The van der Waals surface area contributed by atoms with Gasteiger partial charge in [0.1, 0.15) is 11.3 Å². The second kappa shape index (κ2) is 6.04. The zero-order valence-electron chi connectivity index (χ0n) is 13.0. The predicted molar refractivity (Wildman–Crippen MR) is 87.9 cm³/mol. The van der Waals surface area contributed by atoms with E-state index < -0.39 is 5.97 Å². The number of nitrogens with zero attached hydrogens (tertiary/aromatic N) is 3. The van der Waals surface area contributed by atoms with Crippen LogP contribution in [-0.4, -0.2) is 25.8 Å². The number of aromatic carboxylic acids is 1. The van der Waals surface area contributed by atoms with Crippen LogP contribution in [0, 0.1) is 6.92 Å². The lowest BCUT2D eigenvalue weighted by Gasteiger charge is -2.07. The lowest BCUT2D eigenvalue weighted by Crippen LogP contribution is -2.05. The van der Waals surface area contributed by atoms with Gasteiger partial charge in [0, 0.05) is 18.0 Å². The normalized spacial score (nSPS) is 10.7. The predicted octanol–water partition coefficient (Wildman–Crippen LogP) is 3.50. The fourth-order valence-electron chi connectivity index (χ4n) is 2.69. The van der Waals surface area contributed by atoms with E-state index in [1.807, 2.05) is 38.1 Å². The highest BCUT2D eigenvalue weighted by Gasteiger charge is 2.24. The van der Waals surface area contributed by atoms with Gasteiger partial charge in [-0.25, -0.2) is 9.48 Å². The first-order valence-corrected chi connectivity index (χ1v) is 7.44. The van der Waals surface area contributed by atoms with Crippen LogP contribution in [-0.2, 0) is 6.42 Å². The number of carboxylic acid groups (broad SMARTS) is 1. The number of hydrogen-bond acceptors (Lipinski definition) is 3. The standard InChI is InChI=1S/C18H17N3O2/c1-3-15-16(18(22)23)17(13-7-9-19-10-8-13)20-21(15)14-6-4-5-12(2)11-14/h4-11H,3H2,1-2H3,(H,22,23). The zero-order chi connectivity index (χ0) is 16.4. The van der Waals surface area contributed by atoms with Crippen molar-refractivity contribution in [3.05, 3.63) is 65.6 Å². The average Bonchev–Trinajstić information content (AvgIpc) is 2.95. The number of carbonyl (C=O) groups is 1. The number of hydrogen-bond donors (Lipinski definition) is 1. The SMILES string of the molecule is CCc1c(C(=O)O)c(-c2ccncc2)nn1-c1cccc(C)c1. The highest BCUT2D eigenvalue weighted by Crippen LogP contribution is 2.28. The van der Waals surface area contributed by atoms with Gasteiger partial charge in [0.25, 0.3) is 0 Å². The summed E-state index contributed by atoms with van der Waals surface area (Å²) in [7, 11) is 0. The fraction of sp³-hybridized carbons (Fsp3) is 0.167. The third-order valence-corrected chi connectivity index (χ3v) is 3.73. The van der Waals surface area contributed by atoms with E-state index in [0.717, 1.165) is 16.8 Å². The molecule has 1 aromatic carbocycles. The Morgan fingerprint density at radius 3 is 2.57 bits per heavy atom. The van der Waals surface area contributed by atoms with Crippen molar-refractivity contribution in [2.24, 2.45) is 0 Å². The summed E-state index contributed by atoms with van der Waals surface area (Å²) in [4.78, 5) is 15.8. The minimum Gasteiger partial charge on any atom is -0.478 e. The molecule has 0 spiro atoms. The van der Waals surface area contributed by atoms with Gasteiger partial charge >= 0.3 is 5.97 Å². The van der Waals surface area contributed by atoms with Crippen LogP contribution in [0.5, 0.6) is 0 Å². The Morgan fingerprint density at radius 1 is 1.22 bits per heavy atom. The molecule has 23 heavy (non-hydrogen) atoms. The minimum atomic E-state index is -0.965. The van der Waals surface area contributed by atoms with E-state index in [4.69, 9.17) is 0 Å². The van der Waals surface area contributed by atoms with Gasteiger partial charge in [-0.15, -0.1) is 0 Å². The monoisotopic (exact) mass is 307 g/mol. The van der Waals surface area contributed by atoms with Crippen LogP contribution in [0.1, 0.15) is 28.5 Å². The molecular formula is C18H17N3O2. The van der Waals surface area contributed by atoms with E-state index in [1.165, 1.54) is 0 Å². The van der Waals surface area contributed by atoms with Crippen molar-refractivity contribution in [3.8, 4) is 16.9 Å². The third-order valence-electron chi connectivity index (χ3n) is 3.73. The number of carboxylic acids is 1. The van der Waals surface area contributed by atoms with Crippen LogP contribution in [0.2, 0.25) is 0 Å². The van der Waals surface area contributed by atoms with E-state index in [2.05, 4.69) is 10.1 Å². The first-order valence-electron chi connectivity index (χ1n) is 7.44. The third kappa shape index (κ3) is 2.73. The van der Waals surface area contributed by atoms with Crippen molar-refractivity contribution in [2.75, 3.05) is 0 Å². The van der Waals surface area contributed by atoms with E-state index in [0.29, 0.717) is 17.8 Å². The molecule has 1 N–H and O–H groups in total. The molecule has 2 heterocycles. The molecule has 2 aromatic heterocycles. The molecule has 3 rings (SSSR count). The smallest absolute Gasteiger partial charge is 0.339 e. The molecule has 5 nitrogen and oxygen atoms in total. The molecule has 0 aliphatic heterocycles. The minimum absolute atomic E-state index is 0.250. The van der Waals surface area contributed by atoms with Gasteiger partial charge in [0.05, 0.1) is 11.4 Å². The van der Waals surface area contributed by atoms with Crippen molar-refractivity contribution < 1.29 is 9.90 Å². The Morgan fingerprint density at radius 2 is 1.96 bits per heavy atom. The maximum atomic E-state index is 11.8. The zero-order valence-corrected chi connectivity index (χ0v) is 13.0. The van der Waals surface area contributed by atoms with Gasteiger partial charge in [0.2, 0.25) is 0 Å². The molecule has 0 fully saturated rings. The van der Waals surface area contributed by atoms with Crippen LogP contribution in [0.25, 0.3) is 16.9 Å². The molecule has 0 unspecified atom stereocenters. The summed E-state index contributed by atoms with van der Waals surface area (Å²) in [5.41, 5.74) is 4.12. The van der Waals surface area contributed by atoms with Gasteiger partial charge in [-0.3, -0.25) is 4.98 Å². The number of benzene rings is 1. The maximum Gasteiger partial charge on any atom is 0.339 e. The average molecular weight is 307 g/mol. The van der Waals surface area contributed by atoms with Gasteiger partial charge in [-0.05, 0) is 43.2 Å². The number of aromatic nitrogens is 3. The van der Waals surface area contributed by atoms with Crippen molar-refractivity contribution >= 4 is 5.97 Å². The molecule has 0 radical (unpaired) electrons.